The number of rotatable bonds is 6. The molecule has 1 aromatic rings. The van der Waals surface area contributed by atoms with Crippen LogP contribution in [0.4, 0.5) is 5.69 Å². The van der Waals surface area contributed by atoms with Gasteiger partial charge in [-0.1, -0.05) is 20.3 Å². The third-order valence-corrected chi connectivity index (χ3v) is 3.21. The van der Waals surface area contributed by atoms with Gasteiger partial charge < -0.3 is 4.74 Å². The maximum atomic E-state index is 11.9. The molecule has 0 fully saturated rings. The minimum atomic E-state index is -0.499. The molecular formula is C13H16BrNO4. The third kappa shape index (κ3) is 3.76. The van der Waals surface area contributed by atoms with E-state index in [2.05, 4.69) is 15.9 Å². The topological polar surface area (TPSA) is 69.4 Å². The van der Waals surface area contributed by atoms with Gasteiger partial charge in [0.15, 0.2) is 0 Å². The molecule has 0 unspecified atom stereocenters. The Balaban J connectivity index is 3.27. The summed E-state index contributed by atoms with van der Waals surface area (Å²) in [5.74, 6) is -0.499. The molecule has 1 aromatic carbocycles. The Hall–Kier alpha value is -1.43. The molecule has 1 rings (SSSR count). The number of carbonyl (C=O) groups excluding carboxylic acids is 1. The zero-order valence-electron chi connectivity index (χ0n) is 10.9. The number of halogens is 1. The van der Waals surface area contributed by atoms with Crippen LogP contribution in [0.3, 0.4) is 0 Å². The van der Waals surface area contributed by atoms with E-state index in [-0.39, 0.29) is 11.3 Å². The van der Waals surface area contributed by atoms with E-state index in [1.54, 1.807) is 6.07 Å². The second-order valence-electron chi connectivity index (χ2n) is 4.07. The van der Waals surface area contributed by atoms with E-state index < -0.39 is 10.9 Å². The fourth-order valence-corrected chi connectivity index (χ4v) is 2.29. The number of carbonyl (C=O) groups is 1. The fourth-order valence-electron chi connectivity index (χ4n) is 1.77. The predicted molar refractivity (Wildman–Crippen MR) is 75.4 cm³/mol. The third-order valence-electron chi connectivity index (χ3n) is 2.57. The fraction of sp³-hybridized carbons (Fsp3) is 0.462. The lowest BCUT2D eigenvalue weighted by atomic mass is 10.0. The highest BCUT2D eigenvalue weighted by Crippen LogP contribution is 2.32. The molecule has 104 valence electrons. The van der Waals surface area contributed by atoms with Crippen molar-refractivity contribution in [1.29, 1.82) is 0 Å². The van der Waals surface area contributed by atoms with Crippen molar-refractivity contribution in [1.82, 2.24) is 0 Å². The van der Waals surface area contributed by atoms with Crippen molar-refractivity contribution in [3.8, 4) is 0 Å². The summed E-state index contributed by atoms with van der Waals surface area (Å²) < 4.78 is 5.44. The first-order valence-corrected chi connectivity index (χ1v) is 6.95. The van der Waals surface area contributed by atoms with Crippen LogP contribution in [-0.4, -0.2) is 17.5 Å². The molecule has 0 amide bonds. The molecule has 0 radical (unpaired) electrons. The van der Waals surface area contributed by atoms with E-state index >= 15 is 0 Å². The molecular weight excluding hydrogens is 314 g/mol. The Kier molecular flexibility index (Phi) is 5.95. The van der Waals surface area contributed by atoms with Gasteiger partial charge in [0.25, 0.3) is 5.69 Å². The molecule has 0 spiro atoms. The maximum absolute atomic E-state index is 11.9. The molecule has 0 heterocycles. The van der Waals surface area contributed by atoms with Crippen molar-refractivity contribution < 1.29 is 14.5 Å². The Bertz CT molecular complexity index is 488. The molecule has 0 aliphatic rings. The van der Waals surface area contributed by atoms with Crippen molar-refractivity contribution in [3.63, 3.8) is 0 Å². The van der Waals surface area contributed by atoms with Crippen LogP contribution >= 0.6 is 15.9 Å². The minimum absolute atomic E-state index is 0.0483. The Labute approximate surface area is 120 Å². The number of esters is 1. The zero-order chi connectivity index (χ0) is 14.4. The number of hydrogen-bond donors (Lipinski definition) is 0. The lowest BCUT2D eigenvalue weighted by molar-refractivity contribution is -0.386. The maximum Gasteiger partial charge on any atom is 0.338 e. The van der Waals surface area contributed by atoms with Crippen LogP contribution in [0, 0.1) is 10.1 Å². The molecule has 6 heteroatoms. The van der Waals surface area contributed by atoms with Gasteiger partial charge in [-0.2, -0.15) is 0 Å². The highest BCUT2D eigenvalue weighted by molar-refractivity contribution is 9.10. The van der Waals surface area contributed by atoms with Crippen LogP contribution in [0.25, 0.3) is 0 Å². The van der Waals surface area contributed by atoms with E-state index in [1.807, 2.05) is 13.8 Å². The molecule has 0 aromatic heterocycles. The summed E-state index contributed by atoms with van der Waals surface area (Å²) >= 11 is 3.16. The summed E-state index contributed by atoms with van der Waals surface area (Å²) in [7, 11) is 0. The predicted octanol–water partition coefficient (Wildman–Crippen LogP) is 3.88. The Morgan fingerprint density at radius 1 is 1.37 bits per heavy atom. The molecule has 5 nitrogen and oxygen atoms in total. The molecule has 0 saturated heterocycles. The smallest absolute Gasteiger partial charge is 0.338 e. The minimum Gasteiger partial charge on any atom is -0.462 e. The van der Waals surface area contributed by atoms with E-state index in [1.165, 1.54) is 6.07 Å². The first-order chi connectivity index (χ1) is 9.02. The van der Waals surface area contributed by atoms with E-state index in [9.17, 15) is 14.9 Å². The lowest BCUT2D eigenvalue weighted by Gasteiger charge is -2.10. The highest BCUT2D eigenvalue weighted by atomic mass is 79.9. The molecule has 0 aliphatic carbocycles. The first kappa shape index (κ1) is 15.6. The van der Waals surface area contributed by atoms with Gasteiger partial charge in [-0.25, -0.2) is 4.79 Å². The number of nitrogens with zero attached hydrogens (tertiary/aromatic N) is 1. The van der Waals surface area contributed by atoms with Gasteiger partial charge in [0, 0.05) is 5.56 Å². The van der Waals surface area contributed by atoms with Crippen LogP contribution < -0.4 is 0 Å². The normalized spacial score (nSPS) is 10.3. The standard InChI is InChI=1S/C13H16BrNO4/c1-3-5-9-10(13(16)19-8-4-2)6-7-11(14)12(9)15(17)18/h6-7H,3-5,8H2,1-2H3. The lowest BCUT2D eigenvalue weighted by Crippen LogP contribution is -2.11. The highest BCUT2D eigenvalue weighted by Gasteiger charge is 2.25. The molecule has 19 heavy (non-hydrogen) atoms. The molecule has 0 aliphatic heterocycles. The quantitative estimate of drug-likeness (QED) is 0.451. The van der Waals surface area contributed by atoms with Crippen molar-refractivity contribution in [3.05, 3.63) is 37.8 Å². The van der Waals surface area contributed by atoms with Gasteiger partial charge in [0.1, 0.15) is 0 Å². The number of hydrogen-bond acceptors (Lipinski definition) is 4. The summed E-state index contributed by atoms with van der Waals surface area (Å²) in [6.45, 7) is 4.12. The first-order valence-electron chi connectivity index (χ1n) is 6.15. The van der Waals surface area contributed by atoms with Gasteiger partial charge in [0.05, 0.1) is 21.6 Å². The van der Waals surface area contributed by atoms with Gasteiger partial charge in [0.2, 0.25) is 0 Å². The van der Waals surface area contributed by atoms with Crippen LogP contribution in [0.2, 0.25) is 0 Å². The van der Waals surface area contributed by atoms with Gasteiger partial charge in [-0.3, -0.25) is 10.1 Å². The zero-order valence-corrected chi connectivity index (χ0v) is 12.5. The van der Waals surface area contributed by atoms with Gasteiger partial charge in [-0.15, -0.1) is 0 Å². The van der Waals surface area contributed by atoms with Gasteiger partial charge >= 0.3 is 5.97 Å². The molecule has 0 saturated carbocycles. The van der Waals surface area contributed by atoms with E-state index in [4.69, 9.17) is 4.74 Å². The van der Waals surface area contributed by atoms with Crippen molar-refractivity contribution >= 4 is 27.6 Å². The molecule has 0 bridgehead atoms. The van der Waals surface area contributed by atoms with Crippen LogP contribution in [0.1, 0.15) is 42.6 Å². The van der Waals surface area contributed by atoms with Crippen LogP contribution in [0.5, 0.6) is 0 Å². The SMILES string of the molecule is CCCOC(=O)c1ccc(Br)c([N+](=O)[O-])c1CCC. The monoisotopic (exact) mass is 329 g/mol. The van der Waals surface area contributed by atoms with Gasteiger partial charge in [-0.05, 0) is 40.9 Å². The van der Waals surface area contributed by atoms with Crippen molar-refractivity contribution in [2.45, 2.75) is 33.1 Å². The number of ether oxygens (including phenoxy) is 1. The van der Waals surface area contributed by atoms with E-state index in [0.29, 0.717) is 35.9 Å². The summed E-state index contributed by atoms with van der Waals surface area (Å²) in [6.07, 6.45) is 1.89. The summed E-state index contributed by atoms with van der Waals surface area (Å²) in [6, 6.07) is 3.08. The Morgan fingerprint density at radius 3 is 2.58 bits per heavy atom. The summed E-state index contributed by atoms with van der Waals surface area (Å²) in [5.41, 5.74) is 0.668. The summed E-state index contributed by atoms with van der Waals surface area (Å²) in [5, 5.41) is 11.1. The summed E-state index contributed by atoms with van der Waals surface area (Å²) in [4.78, 5) is 22.6. The average Bonchev–Trinajstić information content (AvgIpc) is 2.36. The second-order valence-corrected chi connectivity index (χ2v) is 4.92. The van der Waals surface area contributed by atoms with Crippen LogP contribution in [-0.2, 0) is 11.2 Å². The molecule has 0 atom stereocenters. The Morgan fingerprint density at radius 2 is 2.05 bits per heavy atom. The average molecular weight is 330 g/mol. The number of benzene rings is 1. The van der Waals surface area contributed by atoms with E-state index in [0.717, 1.165) is 0 Å². The largest absolute Gasteiger partial charge is 0.462 e. The second kappa shape index (κ2) is 7.23. The molecule has 0 N–H and O–H groups in total. The van der Waals surface area contributed by atoms with Crippen molar-refractivity contribution in [2.24, 2.45) is 0 Å². The van der Waals surface area contributed by atoms with Crippen LogP contribution in [0.15, 0.2) is 16.6 Å². The number of nitro benzene ring substituents is 1. The van der Waals surface area contributed by atoms with Crippen molar-refractivity contribution in [2.75, 3.05) is 6.61 Å². The number of nitro groups is 1.